The van der Waals surface area contributed by atoms with E-state index in [1.165, 1.54) is 6.07 Å². The Hall–Kier alpha value is -1.42. The van der Waals surface area contributed by atoms with Gasteiger partial charge in [-0.25, -0.2) is 9.18 Å². The van der Waals surface area contributed by atoms with Crippen LogP contribution in [-0.2, 0) is 9.47 Å². The van der Waals surface area contributed by atoms with Gasteiger partial charge < -0.3 is 9.47 Å². The molecule has 3 nitrogen and oxygen atoms in total. The summed E-state index contributed by atoms with van der Waals surface area (Å²) in [5, 5.41) is 0. The highest BCUT2D eigenvalue weighted by Gasteiger charge is 2.25. The number of benzene rings is 1. The number of hydrogen-bond donors (Lipinski definition) is 0. The van der Waals surface area contributed by atoms with Crippen molar-refractivity contribution in [2.24, 2.45) is 0 Å². The lowest BCUT2D eigenvalue weighted by Gasteiger charge is -2.25. The second-order valence-corrected chi connectivity index (χ2v) is 3.50. The summed E-state index contributed by atoms with van der Waals surface area (Å²) >= 11 is 0. The van der Waals surface area contributed by atoms with Crippen LogP contribution in [0.1, 0.15) is 15.9 Å². The van der Waals surface area contributed by atoms with Gasteiger partial charge in [-0.1, -0.05) is 12.1 Å². The van der Waals surface area contributed by atoms with Gasteiger partial charge in [-0.15, -0.1) is 0 Å². The number of aryl methyl sites for hydroxylation is 1. The molecule has 1 fully saturated rings. The van der Waals surface area contributed by atoms with E-state index in [0.717, 1.165) is 0 Å². The Bertz CT molecular complexity index is 385. The van der Waals surface area contributed by atoms with Gasteiger partial charge in [-0.3, -0.25) is 0 Å². The molecule has 0 atom stereocenters. The van der Waals surface area contributed by atoms with E-state index in [9.17, 15) is 9.18 Å². The predicted molar refractivity (Wildman–Crippen MR) is 51.2 cm³/mol. The predicted octanol–water partition coefficient (Wildman–Crippen LogP) is 1.69. The van der Waals surface area contributed by atoms with E-state index in [2.05, 4.69) is 0 Å². The number of ether oxygens (including phenoxy) is 2. The van der Waals surface area contributed by atoms with Crippen LogP contribution >= 0.6 is 0 Å². The van der Waals surface area contributed by atoms with Gasteiger partial charge in [0.05, 0.1) is 18.8 Å². The third-order valence-corrected chi connectivity index (χ3v) is 2.29. The Morgan fingerprint density at radius 3 is 2.87 bits per heavy atom. The summed E-state index contributed by atoms with van der Waals surface area (Å²) in [6.45, 7) is 2.41. The second-order valence-electron chi connectivity index (χ2n) is 3.50. The van der Waals surface area contributed by atoms with Crippen molar-refractivity contribution in [3.63, 3.8) is 0 Å². The number of carbonyl (C=O) groups is 1. The molecular formula is C11H11FO3. The molecule has 0 N–H and O–H groups in total. The SMILES string of the molecule is Cc1cccc(C(=O)OC2COC2)c1F. The van der Waals surface area contributed by atoms with Crippen molar-refractivity contribution in [3.8, 4) is 0 Å². The minimum Gasteiger partial charge on any atom is -0.454 e. The van der Waals surface area contributed by atoms with Crippen LogP contribution in [-0.4, -0.2) is 25.3 Å². The molecule has 15 heavy (non-hydrogen) atoms. The molecule has 0 spiro atoms. The maximum atomic E-state index is 13.5. The molecule has 0 bridgehead atoms. The van der Waals surface area contributed by atoms with Crippen LogP contribution in [0.2, 0.25) is 0 Å². The number of rotatable bonds is 2. The van der Waals surface area contributed by atoms with Crippen molar-refractivity contribution in [2.45, 2.75) is 13.0 Å². The highest BCUT2D eigenvalue weighted by Crippen LogP contribution is 2.15. The lowest BCUT2D eigenvalue weighted by Crippen LogP contribution is -2.38. The molecule has 0 saturated carbocycles. The van der Waals surface area contributed by atoms with E-state index in [4.69, 9.17) is 9.47 Å². The Morgan fingerprint density at radius 2 is 2.27 bits per heavy atom. The summed E-state index contributed by atoms with van der Waals surface area (Å²) in [6, 6.07) is 4.66. The summed E-state index contributed by atoms with van der Waals surface area (Å²) in [4.78, 5) is 11.5. The highest BCUT2D eigenvalue weighted by atomic mass is 19.1. The minimum atomic E-state index is -0.621. The topological polar surface area (TPSA) is 35.5 Å². The lowest BCUT2D eigenvalue weighted by atomic mass is 10.1. The summed E-state index contributed by atoms with van der Waals surface area (Å²) in [7, 11) is 0. The second kappa shape index (κ2) is 3.98. The van der Waals surface area contributed by atoms with Gasteiger partial charge in [0.15, 0.2) is 0 Å². The molecular weight excluding hydrogens is 199 g/mol. The zero-order chi connectivity index (χ0) is 10.8. The fourth-order valence-electron chi connectivity index (χ4n) is 1.30. The molecule has 0 amide bonds. The number of carbonyl (C=O) groups excluding carboxylic acids is 1. The molecule has 1 aliphatic heterocycles. The first kappa shape index (κ1) is 10.1. The van der Waals surface area contributed by atoms with Crippen LogP contribution in [0.15, 0.2) is 18.2 Å². The van der Waals surface area contributed by atoms with Crippen LogP contribution < -0.4 is 0 Å². The van der Waals surface area contributed by atoms with Crippen LogP contribution in [0.5, 0.6) is 0 Å². The van der Waals surface area contributed by atoms with Crippen molar-refractivity contribution in [2.75, 3.05) is 13.2 Å². The molecule has 0 aromatic heterocycles. The van der Waals surface area contributed by atoms with E-state index in [1.807, 2.05) is 0 Å². The van der Waals surface area contributed by atoms with Crippen LogP contribution in [0.3, 0.4) is 0 Å². The standard InChI is InChI=1S/C11H11FO3/c1-7-3-2-4-9(10(7)12)11(13)15-8-5-14-6-8/h2-4,8H,5-6H2,1H3. The van der Waals surface area contributed by atoms with Gasteiger partial charge in [0.2, 0.25) is 0 Å². The molecule has 1 aromatic carbocycles. The summed E-state index contributed by atoms with van der Waals surface area (Å²) < 4.78 is 23.4. The third kappa shape index (κ3) is 1.99. The largest absolute Gasteiger partial charge is 0.454 e. The van der Waals surface area contributed by atoms with Crippen molar-refractivity contribution < 1.29 is 18.7 Å². The van der Waals surface area contributed by atoms with Crippen LogP contribution in [0, 0.1) is 12.7 Å². The zero-order valence-corrected chi connectivity index (χ0v) is 8.33. The summed E-state index contributed by atoms with van der Waals surface area (Å²) in [5.74, 6) is -1.13. The maximum absolute atomic E-state index is 13.5. The smallest absolute Gasteiger partial charge is 0.341 e. The highest BCUT2D eigenvalue weighted by molar-refractivity contribution is 5.90. The van der Waals surface area contributed by atoms with Gasteiger partial charge in [-0.2, -0.15) is 0 Å². The molecule has 1 saturated heterocycles. The average Bonchev–Trinajstić information content (AvgIpc) is 2.15. The van der Waals surface area contributed by atoms with Crippen molar-refractivity contribution in [1.29, 1.82) is 0 Å². The van der Waals surface area contributed by atoms with Crippen molar-refractivity contribution in [1.82, 2.24) is 0 Å². The van der Waals surface area contributed by atoms with Gasteiger partial charge in [0, 0.05) is 0 Å². The number of esters is 1. The first-order valence-corrected chi connectivity index (χ1v) is 4.72. The Kier molecular flexibility index (Phi) is 2.68. The molecule has 0 unspecified atom stereocenters. The molecule has 0 aliphatic carbocycles. The van der Waals surface area contributed by atoms with E-state index in [1.54, 1.807) is 19.1 Å². The monoisotopic (exact) mass is 210 g/mol. The minimum absolute atomic E-state index is 0.0121. The van der Waals surface area contributed by atoms with Gasteiger partial charge in [-0.05, 0) is 18.6 Å². The molecule has 1 aromatic rings. The number of hydrogen-bond acceptors (Lipinski definition) is 3. The molecule has 4 heteroatoms. The first-order valence-electron chi connectivity index (χ1n) is 4.72. The third-order valence-electron chi connectivity index (χ3n) is 2.29. The summed E-state index contributed by atoms with van der Waals surface area (Å²) in [6.07, 6.45) is -0.225. The molecule has 80 valence electrons. The molecule has 2 rings (SSSR count). The van der Waals surface area contributed by atoms with Crippen molar-refractivity contribution >= 4 is 5.97 Å². The maximum Gasteiger partial charge on any atom is 0.341 e. The zero-order valence-electron chi connectivity index (χ0n) is 8.33. The Morgan fingerprint density at radius 1 is 1.53 bits per heavy atom. The van der Waals surface area contributed by atoms with E-state index < -0.39 is 11.8 Å². The normalized spacial score (nSPS) is 15.9. The van der Waals surface area contributed by atoms with E-state index in [0.29, 0.717) is 18.8 Å². The molecule has 0 radical (unpaired) electrons. The van der Waals surface area contributed by atoms with E-state index in [-0.39, 0.29) is 11.7 Å². The van der Waals surface area contributed by atoms with Crippen LogP contribution in [0.4, 0.5) is 4.39 Å². The van der Waals surface area contributed by atoms with Crippen molar-refractivity contribution in [3.05, 3.63) is 35.1 Å². The molecule has 1 heterocycles. The fraction of sp³-hybridized carbons (Fsp3) is 0.364. The van der Waals surface area contributed by atoms with Gasteiger partial charge in [0.25, 0.3) is 0 Å². The number of halogens is 1. The summed E-state index contributed by atoms with van der Waals surface area (Å²) in [5.41, 5.74) is 0.427. The van der Waals surface area contributed by atoms with Crippen LogP contribution in [0.25, 0.3) is 0 Å². The molecule has 1 aliphatic rings. The van der Waals surface area contributed by atoms with E-state index >= 15 is 0 Å². The Balaban J connectivity index is 2.13. The fourth-order valence-corrected chi connectivity index (χ4v) is 1.30. The lowest BCUT2D eigenvalue weighted by molar-refractivity contribution is -0.103. The Labute approximate surface area is 86.8 Å². The quantitative estimate of drug-likeness (QED) is 0.697. The average molecular weight is 210 g/mol. The first-order chi connectivity index (χ1) is 7.18. The van der Waals surface area contributed by atoms with Gasteiger partial charge in [0.1, 0.15) is 11.9 Å². The van der Waals surface area contributed by atoms with Gasteiger partial charge >= 0.3 is 5.97 Å².